The summed E-state index contributed by atoms with van der Waals surface area (Å²) in [5.74, 6) is 4.32. The average Bonchev–Trinajstić information content (AvgIpc) is 0.718. The predicted molar refractivity (Wildman–Crippen MR) is 434 cm³/mol. The predicted octanol–water partition coefficient (Wildman–Crippen LogP) is 22.4. The lowest BCUT2D eigenvalue weighted by atomic mass is 9.77. The van der Waals surface area contributed by atoms with Crippen LogP contribution in [0.1, 0.15) is 102 Å². The van der Waals surface area contributed by atoms with Gasteiger partial charge in [-0.25, -0.2) is 0 Å². The number of rotatable bonds is 33. The van der Waals surface area contributed by atoms with E-state index >= 15 is 0 Å². The summed E-state index contributed by atoms with van der Waals surface area (Å²) >= 11 is 0. The molecule has 2 aliphatic rings. The van der Waals surface area contributed by atoms with Crippen molar-refractivity contribution >= 4 is 0 Å². The molecule has 0 fully saturated rings. The van der Waals surface area contributed by atoms with Crippen molar-refractivity contribution in [3.05, 3.63) is 441 Å². The zero-order valence-corrected chi connectivity index (χ0v) is 62.1. The highest BCUT2D eigenvalue weighted by Gasteiger charge is 2.49. The fourth-order valence-corrected chi connectivity index (χ4v) is 14.3. The Labute approximate surface area is 654 Å². The Bertz CT molecular complexity index is 5280. The molecule has 0 bridgehead atoms. The second-order valence-electron chi connectivity index (χ2n) is 27.9. The summed E-state index contributed by atoms with van der Waals surface area (Å²) < 4.78 is 87.8. The van der Waals surface area contributed by atoms with Gasteiger partial charge >= 0.3 is 0 Å². The average molecular weight is 1480 g/mol. The summed E-state index contributed by atoms with van der Waals surface area (Å²) in [7, 11) is 0. The molecule has 0 unspecified atom stereocenters. The number of hydrogen-bond acceptors (Lipinski definition) is 12. The van der Waals surface area contributed by atoms with Crippen molar-refractivity contribution in [2.24, 2.45) is 0 Å². The van der Waals surface area contributed by atoms with E-state index in [9.17, 15) is 0 Å². The molecule has 0 aromatic heterocycles. The van der Waals surface area contributed by atoms with Crippen LogP contribution in [0.15, 0.2) is 358 Å². The topological polar surface area (TPSA) is 111 Å². The van der Waals surface area contributed by atoms with Gasteiger partial charge in [0.2, 0.25) is 0 Å². The van der Waals surface area contributed by atoms with Crippen LogP contribution in [0.5, 0.6) is 57.5 Å². The molecule has 14 aromatic carbocycles. The van der Waals surface area contributed by atoms with E-state index in [1.807, 2.05) is 224 Å². The van der Waals surface area contributed by atoms with Crippen LogP contribution in [0, 0.1) is 0 Å². The van der Waals surface area contributed by atoms with Gasteiger partial charge in [0.25, 0.3) is 0 Å². The van der Waals surface area contributed by atoms with Gasteiger partial charge in [0.1, 0.15) is 99.6 Å². The Balaban J connectivity index is 0.939. The van der Waals surface area contributed by atoms with E-state index in [-0.39, 0.29) is 52.9 Å². The second-order valence-corrected chi connectivity index (χ2v) is 27.9. The smallest absolute Gasteiger partial charge is 0.162 e. The van der Waals surface area contributed by atoms with Gasteiger partial charge < -0.3 is 56.8 Å². The van der Waals surface area contributed by atoms with Crippen molar-refractivity contribution in [1.82, 2.24) is 0 Å². The van der Waals surface area contributed by atoms with Crippen LogP contribution in [0.3, 0.4) is 0 Å². The Morgan fingerprint density at radius 1 is 0.241 bits per heavy atom. The maximum atomic E-state index is 8.22. The second kappa shape index (κ2) is 36.5. The molecule has 12 heteroatoms. The van der Waals surface area contributed by atoms with Gasteiger partial charge in [-0.05, 0) is 91.0 Å². The highest BCUT2D eigenvalue weighted by molar-refractivity contribution is 5.67. The van der Waals surface area contributed by atoms with Crippen molar-refractivity contribution in [1.29, 1.82) is 0 Å². The lowest BCUT2D eigenvalue weighted by Gasteiger charge is -2.43. The molecule has 2 heterocycles. The zero-order chi connectivity index (χ0) is 75.3. The molecule has 0 N–H and O–H groups in total. The maximum Gasteiger partial charge on any atom is 0.162 e. The first-order chi connectivity index (χ1) is 55.5. The lowest BCUT2D eigenvalue weighted by molar-refractivity contribution is -0.0611. The lowest BCUT2D eigenvalue weighted by Crippen LogP contribution is -2.39. The van der Waals surface area contributed by atoms with E-state index in [4.69, 9.17) is 56.8 Å². The SMILES string of the molecule is c1ccc(COc2cc(OCc3ccccc3)c3c(c2)O[C@H](c2ccc(OCc4ccccc4)c(OCc4ccccc4)c2)[C@@H](OCc2ccccc2)[C@@H]3c2c(OCc3ccccc3)cc(OCc3ccccc3)c3c2O[C@H](c2ccc(OCc4ccccc4)c(OCc4ccccc4)c2)[C@@H](OCc2ccccc2)C3)cc1. The van der Waals surface area contributed by atoms with E-state index in [0.29, 0.717) is 88.3 Å². The first-order valence-electron chi connectivity index (χ1n) is 38.1. The normalized spacial score (nSPS) is 15.4. The first kappa shape index (κ1) is 73.2. The Kier molecular flexibility index (Phi) is 23.8. The Morgan fingerprint density at radius 3 is 0.938 bits per heavy atom. The first-order valence-corrected chi connectivity index (χ1v) is 38.1. The third-order valence-electron chi connectivity index (χ3n) is 20.0. The molecule has 0 spiro atoms. The van der Waals surface area contributed by atoms with E-state index in [1.165, 1.54) is 0 Å². The van der Waals surface area contributed by atoms with Gasteiger partial charge in [0.15, 0.2) is 35.2 Å². The van der Waals surface area contributed by atoms with Crippen molar-refractivity contribution in [2.45, 2.75) is 103 Å². The minimum absolute atomic E-state index is 0.161. The van der Waals surface area contributed by atoms with Gasteiger partial charge in [-0.3, -0.25) is 0 Å². The van der Waals surface area contributed by atoms with Gasteiger partial charge in [-0.15, -0.1) is 0 Å². The van der Waals surface area contributed by atoms with Gasteiger partial charge in [0.05, 0.1) is 19.1 Å². The fourth-order valence-electron chi connectivity index (χ4n) is 14.3. The Morgan fingerprint density at radius 2 is 0.554 bits per heavy atom. The summed E-state index contributed by atoms with van der Waals surface area (Å²) in [5, 5.41) is 0. The molecule has 12 nitrogen and oxygen atoms in total. The molecular weight excluding hydrogens is 1390 g/mol. The summed E-state index contributed by atoms with van der Waals surface area (Å²) in [5.41, 5.74) is 13.4. The zero-order valence-electron chi connectivity index (χ0n) is 62.1. The molecular formula is C100H86O12. The van der Waals surface area contributed by atoms with Crippen LogP contribution in [0.25, 0.3) is 0 Å². The molecule has 14 aromatic rings. The fraction of sp³-hybridized carbons (Fsp3) is 0.160. The third kappa shape index (κ3) is 18.6. The number of hydrogen-bond donors (Lipinski definition) is 0. The monoisotopic (exact) mass is 1480 g/mol. The molecule has 558 valence electrons. The van der Waals surface area contributed by atoms with Crippen LogP contribution in [0.2, 0.25) is 0 Å². The number of benzene rings is 14. The minimum Gasteiger partial charge on any atom is -0.489 e. The van der Waals surface area contributed by atoms with E-state index < -0.39 is 30.3 Å². The van der Waals surface area contributed by atoms with Gasteiger partial charge in [-0.1, -0.05) is 315 Å². The number of ether oxygens (including phenoxy) is 12. The molecule has 0 aliphatic carbocycles. The third-order valence-corrected chi connectivity index (χ3v) is 20.0. The van der Waals surface area contributed by atoms with Crippen molar-refractivity contribution in [2.75, 3.05) is 0 Å². The van der Waals surface area contributed by atoms with Gasteiger partial charge in [0, 0.05) is 41.3 Å². The molecule has 112 heavy (non-hydrogen) atoms. The standard InChI is InChI=1S/C100H86O12/c1-11-31-71(32-12-1)61-101-83-57-90(107-67-77-43-23-7-24-44-77)94-92(58-83)111-98(82-52-54-86(103-63-73-35-15-3-16-36-73)89(56-82)106-66-76-41-21-6-22-42-76)100(110-70-80-49-29-10-30-50-80)96(94)95-91(108-68-78-45-25-8-26-46-78)60-87(104-64-74-37-17-4-18-38-74)84-59-93(109-69-79-47-27-9-28-48-79)97(112-99(84)95)81-51-53-85(102-62-72-33-13-2-14-34-72)88(55-81)105-65-75-39-19-5-20-40-75/h1-58,60,93,96-98,100H,59,61-70H2/t93-,96-,97+,98+,100-/m0/s1. The quantitative estimate of drug-likeness (QED) is 0.0390. The maximum absolute atomic E-state index is 8.22. The molecule has 5 atom stereocenters. The minimum atomic E-state index is -0.937. The van der Waals surface area contributed by atoms with Crippen LogP contribution < -0.4 is 47.4 Å². The summed E-state index contributed by atoms with van der Waals surface area (Å²) in [6, 6.07) is 120. The highest BCUT2D eigenvalue weighted by atomic mass is 16.6. The molecule has 16 rings (SSSR count). The molecule has 0 amide bonds. The summed E-state index contributed by atoms with van der Waals surface area (Å²) in [6.07, 6.45) is -3.01. The van der Waals surface area contributed by atoms with Crippen LogP contribution >= 0.6 is 0 Å². The van der Waals surface area contributed by atoms with E-state index in [0.717, 1.165) is 72.3 Å². The summed E-state index contributed by atoms with van der Waals surface area (Å²) in [6.45, 7) is 2.41. The van der Waals surface area contributed by atoms with Crippen molar-refractivity contribution in [3.63, 3.8) is 0 Å². The van der Waals surface area contributed by atoms with E-state index in [1.54, 1.807) is 0 Å². The van der Waals surface area contributed by atoms with Crippen LogP contribution in [0.4, 0.5) is 0 Å². The van der Waals surface area contributed by atoms with Crippen LogP contribution in [-0.2, 0) is 82.0 Å². The van der Waals surface area contributed by atoms with Crippen molar-refractivity contribution < 1.29 is 56.8 Å². The molecule has 0 radical (unpaired) electrons. The van der Waals surface area contributed by atoms with E-state index in [2.05, 4.69) is 133 Å². The number of fused-ring (bicyclic) bond motifs is 2. The largest absolute Gasteiger partial charge is 0.489 e. The van der Waals surface area contributed by atoms with Crippen LogP contribution in [-0.4, -0.2) is 12.2 Å². The highest BCUT2D eigenvalue weighted by Crippen LogP contribution is 2.60. The molecule has 0 saturated heterocycles. The van der Waals surface area contributed by atoms with Crippen molar-refractivity contribution in [3.8, 4) is 57.5 Å². The summed E-state index contributed by atoms with van der Waals surface area (Å²) in [4.78, 5) is 0. The molecule has 0 saturated carbocycles. The van der Waals surface area contributed by atoms with Gasteiger partial charge in [-0.2, -0.15) is 0 Å². The Hall–Kier alpha value is -13.0. The molecule has 2 aliphatic heterocycles.